The van der Waals surface area contributed by atoms with Crippen molar-refractivity contribution < 1.29 is 14.7 Å². The van der Waals surface area contributed by atoms with Gasteiger partial charge in [0.25, 0.3) is 0 Å². The lowest BCUT2D eigenvalue weighted by atomic mass is 10.1. The van der Waals surface area contributed by atoms with E-state index in [9.17, 15) is 9.59 Å². The minimum atomic E-state index is -1.20. The van der Waals surface area contributed by atoms with Crippen molar-refractivity contribution in [3.8, 4) is 0 Å². The van der Waals surface area contributed by atoms with E-state index >= 15 is 0 Å². The van der Waals surface area contributed by atoms with Crippen molar-refractivity contribution in [3.05, 3.63) is 46.7 Å². The first kappa shape index (κ1) is 14.1. The smallest absolute Gasteiger partial charge is 0.358 e. The fraction of sp³-hybridized carbons (Fsp3) is 0.154. The highest BCUT2D eigenvalue weighted by molar-refractivity contribution is 6.30. The summed E-state index contributed by atoms with van der Waals surface area (Å²) in [6.45, 7) is 0. The predicted octanol–water partition coefficient (Wildman–Crippen LogP) is 2.33. The topological polar surface area (TPSA) is 95.1 Å². The first-order valence-electron chi connectivity index (χ1n) is 5.87. The number of carboxylic acids is 1. The van der Waals surface area contributed by atoms with Gasteiger partial charge in [0.2, 0.25) is 5.91 Å². The minimum absolute atomic E-state index is 0.165. The monoisotopic (exact) mass is 293 g/mol. The average molecular weight is 294 g/mol. The molecule has 20 heavy (non-hydrogen) atoms. The Kier molecular flexibility index (Phi) is 4.37. The molecule has 1 aromatic heterocycles. The fourth-order valence-corrected chi connectivity index (χ4v) is 1.80. The molecule has 1 heterocycles. The van der Waals surface area contributed by atoms with Crippen molar-refractivity contribution >= 4 is 29.2 Å². The van der Waals surface area contributed by atoms with E-state index < -0.39 is 5.97 Å². The summed E-state index contributed by atoms with van der Waals surface area (Å²) in [4.78, 5) is 22.6. The Labute approximate surface area is 119 Å². The van der Waals surface area contributed by atoms with Crippen LogP contribution in [0.3, 0.4) is 0 Å². The lowest BCUT2D eigenvalue weighted by Gasteiger charge is -2.04. The number of carbonyl (C=O) groups excluding carboxylic acids is 1. The maximum Gasteiger partial charge on any atom is 0.358 e. The van der Waals surface area contributed by atoms with Gasteiger partial charge in [0.15, 0.2) is 5.69 Å². The number of anilines is 1. The van der Waals surface area contributed by atoms with E-state index in [1.165, 1.54) is 6.20 Å². The number of aromatic nitrogens is 2. The maximum absolute atomic E-state index is 11.8. The van der Waals surface area contributed by atoms with Crippen LogP contribution in [0.5, 0.6) is 0 Å². The molecule has 2 rings (SSSR count). The molecule has 0 bridgehead atoms. The molecule has 0 saturated heterocycles. The van der Waals surface area contributed by atoms with Crippen molar-refractivity contribution in [2.75, 3.05) is 5.32 Å². The molecule has 0 fully saturated rings. The Bertz CT molecular complexity index is 622. The van der Waals surface area contributed by atoms with Gasteiger partial charge in [-0.1, -0.05) is 23.7 Å². The van der Waals surface area contributed by atoms with Crippen LogP contribution in [-0.2, 0) is 11.2 Å². The molecule has 0 atom stereocenters. The third-order valence-corrected chi connectivity index (χ3v) is 2.92. The van der Waals surface area contributed by atoms with E-state index in [1.54, 1.807) is 12.1 Å². The third-order valence-electron chi connectivity index (χ3n) is 2.67. The van der Waals surface area contributed by atoms with E-state index in [0.29, 0.717) is 11.4 Å². The highest BCUT2D eigenvalue weighted by atomic mass is 35.5. The Hall–Kier alpha value is -2.34. The summed E-state index contributed by atoms with van der Waals surface area (Å²) in [6.07, 6.45) is 2.12. The van der Waals surface area contributed by atoms with Gasteiger partial charge in [-0.3, -0.25) is 9.89 Å². The quantitative estimate of drug-likeness (QED) is 0.788. The number of carbonyl (C=O) groups is 2. The van der Waals surface area contributed by atoms with E-state index in [1.807, 2.05) is 12.1 Å². The number of hydrogen-bond donors (Lipinski definition) is 3. The Morgan fingerprint density at radius 3 is 2.65 bits per heavy atom. The Morgan fingerprint density at radius 1 is 1.30 bits per heavy atom. The van der Waals surface area contributed by atoms with Gasteiger partial charge in [-0.25, -0.2) is 4.79 Å². The zero-order valence-corrected chi connectivity index (χ0v) is 11.1. The van der Waals surface area contributed by atoms with Crippen molar-refractivity contribution in [1.82, 2.24) is 10.2 Å². The molecule has 6 nitrogen and oxygen atoms in total. The van der Waals surface area contributed by atoms with E-state index in [2.05, 4.69) is 15.5 Å². The molecule has 1 amide bonds. The van der Waals surface area contributed by atoms with Gasteiger partial charge >= 0.3 is 5.97 Å². The molecule has 0 radical (unpaired) electrons. The average Bonchev–Trinajstić information content (AvgIpc) is 2.86. The van der Waals surface area contributed by atoms with Crippen LogP contribution in [0.4, 0.5) is 5.69 Å². The Balaban J connectivity index is 1.91. The number of aryl methyl sites for hydroxylation is 1. The molecule has 3 N–H and O–H groups in total. The summed E-state index contributed by atoms with van der Waals surface area (Å²) in [5, 5.41) is 18.0. The first-order valence-corrected chi connectivity index (χ1v) is 6.25. The van der Waals surface area contributed by atoms with Crippen LogP contribution in [0, 0.1) is 0 Å². The summed E-state index contributed by atoms with van der Waals surface area (Å²) in [6, 6.07) is 7.20. The van der Waals surface area contributed by atoms with Crippen LogP contribution in [-0.4, -0.2) is 27.2 Å². The zero-order chi connectivity index (χ0) is 14.5. The molecule has 104 valence electrons. The molecular weight excluding hydrogens is 282 g/mol. The van der Waals surface area contributed by atoms with Crippen LogP contribution >= 0.6 is 11.6 Å². The second-order valence-electron chi connectivity index (χ2n) is 4.13. The van der Waals surface area contributed by atoms with Gasteiger partial charge in [-0.05, 0) is 24.1 Å². The van der Waals surface area contributed by atoms with E-state index in [4.69, 9.17) is 16.7 Å². The van der Waals surface area contributed by atoms with Crippen LogP contribution in [0.25, 0.3) is 0 Å². The number of halogens is 1. The summed E-state index contributed by atoms with van der Waals surface area (Å²) in [5.41, 5.74) is 0.943. The van der Waals surface area contributed by atoms with Gasteiger partial charge < -0.3 is 10.4 Å². The summed E-state index contributed by atoms with van der Waals surface area (Å²) < 4.78 is 0. The lowest BCUT2D eigenvalue weighted by molar-refractivity contribution is -0.116. The first-order chi connectivity index (χ1) is 9.56. The van der Waals surface area contributed by atoms with Gasteiger partial charge in [0, 0.05) is 17.6 Å². The molecular formula is C13H12ClN3O3. The number of carboxylic acid groups (broad SMARTS) is 1. The summed E-state index contributed by atoms with van der Waals surface area (Å²) in [7, 11) is 0. The normalized spacial score (nSPS) is 10.2. The third kappa shape index (κ3) is 3.58. The van der Waals surface area contributed by atoms with Crippen molar-refractivity contribution in [3.63, 3.8) is 0 Å². The fourth-order valence-electron chi connectivity index (χ4n) is 1.67. The Morgan fingerprint density at radius 2 is 2.00 bits per heavy atom. The van der Waals surface area contributed by atoms with Crippen LogP contribution in [0.2, 0.25) is 5.02 Å². The van der Waals surface area contributed by atoms with Crippen LogP contribution in [0.1, 0.15) is 22.5 Å². The molecule has 0 spiro atoms. The number of benzene rings is 1. The zero-order valence-electron chi connectivity index (χ0n) is 10.4. The number of amides is 1. The number of aromatic carboxylic acids is 1. The summed E-state index contributed by atoms with van der Waals surface area (Å²) in [5.74, 6) is -1.47. The molecule has 0 aliphatic carbocycles. The van der Waals surface area contributed by atoms with Gasteiger partial charge in [-0.2, -0.15) is 5.10 Å². The molecule has 7 heteroatoms. The second kappa shape index (κ2) is 6.21. The van der Waals surface area contributed by atoms with Crippen LogP contribution in [0.15, 0.2) is 30.5 Å². The van der Waals surface area contributed by atoms with Gasteiger partial charge in [0.1, 0.15) is 0 Å². The van der Waals surface area contributed by atoms with Crippen molar-refractivity contribution in [2.24, 2.45) is 0 Å². The predicted molar refractivity (Wildman–Crippen MR) is 73.9 cm³/mol. The standard InChI is InChI=1S/C13H12ClN3O3/c14-9-4-1-8(2-5-9)3-6-11(18)16-10-7-15-17-12(10)13(19)20/h1-2,4-5,7H,3,6H2,(H,15,17)(H,16,18)(H,19,20). The second-order valence-corrected chi connectivity index (χ2v) is 4.56. The number of nitrogens with one attached hydrogen (secondary N) is 2. The molecule has 1 aromatic carbocycles. The number of H-pyrrole nitrogens is 1. The molecule has 0 aliphatic heterocycles. The largest absolute Gasteiger partial charge is 0.476 e. The van der Waals surface area contributed by atoms with Crippen LogP contribution < -0.4 is 5.32 Å². The van der Waals surface area contributed by atoms with Gasteiger partial charge in [-0.15, -0.1) is 0 Å². The lowest BCUT2D eigenvalue weighted by Crippen LogP contribution is -2.14. The number of nitrogens with zero attached hydrogens (tertiary/aromatic N) is 1. The van der Waals surface area contributed by atoms with Crippen molar-refractivity contribution in [2.45, 2.75) is 12.8 Å². The maximum atomic E-state index is 11.8. The molecule has 0 aliphatic rings. The van der Waals surface area contributed by atoms with Gasteiger partial charge in [0.05, 0.1) is 5.69 Å². The SMILES string of the molecule is O=C(CCc1ccc(Cl)cc1)Nc1c[nH]nc1C(=O)O. The van der Waals surface area contributed by atoms with E-state index in [-0.39, 0.29) is 23.7 Å². The number of rotatable bonds is 5. The highest BCUT2D eigenvalue weighted by Crippen LogP contribution is 2.13. The molecule has 0 unspecified atom stereocenters. The number of hydrogen-bond acceptors (Lipinski definition) is 3. The summed E-state index contributed by atoms with van der Waals surface area (Å²) >= 11 is 5.77. The molecule has 0 saturated carbocycles. The van der Waals surface area contributed by atoms with Crippen molar-refractivity contribution in [1.29, 1.82) is 0 Å². The molecule has 2 aromatic rings. The minimum Gasteiger partial charge on any atom is -0.476 e. The highest BCUT2D eigenvalue weighted by Gasteiger charge is 2.15. The number of aromatic amines is 1. The van der Waals surface area contributed by atoms with E-state index in [0.717, 1.165) is 5.56 Å².